The van der Waals surface area contributed by atoms with Crippen molar-refractivity contribution < 1.29 is 0 Å². The van der Waals surface area contributed by atoms with Gasteiger partial charge in [0.15, 0.2) is 0 Å². The van der Waals surface area contributed by atoms with Gasteiger partial charge in [0.25, 0.3) is 0 Å². The minimum absolute atomic E-state index is 0.638. The van der Waals surface area contributed by atoms with Crippen LogP contribution in [-0.4, -0.2) is 24.7 Å². The number of hydrogen-bond acceptors (Lipinski definition) is 2. The Kier molecular flexibility index (Phi) is 3.61. The summed E-state index contributed by atoms with van der Waals surface area (Å²) in [5.41, 5.74) is 1.31. The summed E-state index contributed by atoms with van der Waals surface area (Å²) in [6.45, 7) is 6.18. The van der Waals surface area contributed by atoms with E-state index >= 15 is 0 Å². The van der Waals surface area contributed by atoms with E-state index < -0.39 is 0 Å². The van der Waals surface area contributed by atoms with Gasteiger partial charge in [-0.2, -0.15) is 0 Å². The van der Waals surface area contributed by atoms with Crippen LogP contribution in [0.25, 0.3) is 0 Å². The van der Waals surface area contributed by atoms with Crippen LogP contribution in [0, 0.1) is 16.7 Å². The third kappa shape index (κ3) is 2.28. The predicted octanol–water partition coefficient (Wildman–Crippen LogP) is 3.86. The van der Waals surface area contributed by atoms with E-state index in [0.29, 0.717) is 10.8 Å². The van der Waals surface area contributed by atoms with Gasteiger partial charge < -0.3 is 10.6 Å². The van der Waals surface area contributed by atoms with Gasteiger partial charge in [0, 0.05) is 18.1 Å². The van der Waals surface area contributed by atoms with Crippen LogP contribution < -0.4 is 10.6 Å². The standard InChI is InChI=1S/C19H34N2/c1-14-19(10-11-20-14)9-5-6-16(12-19)17-13-18(15(2)21-17)7-3-4-8-18/h14-17,20-21H,3-13H2,1-2H3. The Morgan fingerprint density at radius 3 is 2.24 bits per heavy atom. The second-order valence-electron chi connectivity index (χ2n) is 8.91. The van der Waals surface area contributed by atoms with E-state index in [9.17, 15) is 0 Å². The molecule has 2 saturated carbocycles. The SMILES string of the molecule is CC1NCCC12CCCC(C1CC3(CCCC3)C(C)N1)C2. The quantitative estimate of drug-likeness (QED) is 0.766. The minimum atomic E-state index is 0.638. The maximum Gasteiger partial charge on any atom is 0.0104 e. The maximum absolute atomic E-state index is 4.06. The summed E-state index contributed by atoms with van der Waals surface area (Å²) in [5, 5.41) is 7.79. The molecule has 4 aliphatic rings. The molecule has 4 fully saturated rings. The van der Waals surface area contributed by atoms with Crippen molar-refractivity contribution in [3.63, 3.8) is 0 Å². The van der Waals surface area contributed by atoms with Crippen molar-refractivity contribution in [1.29, 1.82) is 0 Å². The van der Waals surface area contributed by atoms with Crippen LogP contribution in [0.3, 0.4) is 0 Å². The average Bonchev–Trinajstić information content (AvgIpc) is 3.16. The second-order valence-corrected chi connectivity index (χ2v) is 8.91. The van der Waals surface area contributed by atoms with Gasteiger partial charge in [-0.1, -0.05) is 19.3 Å². The smallest absolute Gasteiger partial charge is 0.0104 e. The molecule has 120 valence electrons. The van der Waals surface area contributed by atoms with E-state index in [4.69, 9.17) is 0 Å². The van der Waals surface area contributed by atoms with Crippen molar-refractivity contribution >= 4 is 0 Å². The molecule has 21 heavy (non-hydrogen) atoms. The van der Waals surface area contributed by atoms with Crippen LogP contribution in [0.2, 0.25) is 0 Å². The molecule has 0 aromatic heterocycles. The Balaban J connectivity index is 1.47. The largest absolute Gasteiger partial charge is 0.314 e. The van der Waals surface area contributed by atoms with E-state index in [1.807, 2.05) is 0 Å². The highest BCUT2D eigenvalue weighted by atomic mass is 15.0. The van der Waals surface area contributed by atoms with E-state index in [1.165, 1.54) is 70.8 Å². The fourth-order valence-electron chi connectivity index (χ4n) is 6.57. The normalized spacial score (nSPS) is 49.4. The third-order valence-electron chi connectivity index (χ3n) is 8.09. The molecule has 0 aromatic carbocycles. The molecule has 2 heteroatoms. The van der Waals surface area contributed by atoms with Crippen LogP contribution in [0.5, 0.6) is 0 Å². The lowest BCUT2D eigenvalue weighted by molar-refractivity contribution is 0.105. The Morgan fingerprint density at radius 2 is 1.52 bits per heavy atom. The Morgan fingerprint density at radius 1 is 0.810 bits per heavy atom. The molecule has 5 atom stereocenters. The van der Waals surface area contributed by atoms with Crippen molar-refractivity contribution in [2.75, 3.05) is 6.54 Å². The molecule has 5 unspecified atom stereocenters. The first-order chi connectivity index (χ1) is 10.1. The fourth-order valence-corrected chi connectivity index (χ4v) is 6.57. The van der Waals surface area contributed by atoms with E-state index in [-0.39, 0.29) is 0 Å². The summed E-state index contributed by atoms with van der Waals surface area (Å²) >= 11 is 0. The molecule has 0 amide bonds. The van der Waals surface area contributed by atoms with E-state index in [1.54, 1.807) is 0 Å². The molecule has 2 nitrogen and oxygen atoms in total. The zero-order valence-electron chi connectivity index (χ0n) is 14.1. The monoisotopic (exact) mass is 290 g/mol. The molecular formula is C19H34N2. The average molecular weight is 290 g/mol. The van der Waals surface area contributed by atoms with Crippen LogP contribution in [-0.2, 0) is 0 Å². The molecule has 2 spiro atoms. The lowest BCUT2D eigenvalue weighted by Crippen LogP contribution is -2.43. The van der Waals surface area contributed by atoms with Gasteiger partial charge in [0.1, 0.15) is 0 Å². The molecule has 2 aliphatic heterocycles. The second kappa shape index (κ2) is 5.23. The molecule has 2 aliphatic carbocycles. The molecule has 2 heterocycles. The van der Waals surface area contributed by atoms with Gasteiger partial charge in [-0.15, -0.1) is 0 Å². The molecule has 2 saturated heterocycles. The van der Waals surface area contributed by atoms with Crippen molar-refractivity contribution in [1.82, 2.24) is 10.6 Å². The van der Waals surface area contributed by atoms with Gasteiger partial charge >= 0.3 is 0 Å². The van der Waals surface area contributed by atoms with Crippen molar-refractivity contribution in [3.8, 4) is 0 Å². The highest BCUT2D eigenvalue weighted by Gasteiger charge is 2.51. The zero-order chi connectivity index (χ0) is 14.5. The number of nitrogens with one attached hydrogen (secondary N) is 2. The van der Waals surface area contributed by atoms with Crippen LogP contribution in [0.1, 0.15) is 78.1 Å². The Bertz CT molecular complexity index is 387. The molecule has 4 rings (SSSR count). The first-order valence-electron chi connectivity index (χ1n) is 9.63. The topological polar surface area (TPSA) is 24.1 Å². The summed E-state index contributed by atoms with van der Waals surface area (Å²) in [6, 6.07) is 2.34. The summed E-state index contributed by atoms with van der Waals surface area (Å²) < 4.78 is 0. The molecular weight excluding hydrogens is 256 g/mol. The lowest BCUT2D eigenvalue weighted by Gasteiger charge is -2.43. The number of rotatable bonds is 1. The summed E-state index contributed by atoms with van der Waals surface area (Å²) in [4.78, 5) is 0. The minimum Gasteiger partial charge on any atom is -0.314 e. The highest BCUT2D eigenvalue weighted by Crippen LogP contribution is 2.53. The van der Waals surface area contributed by atoms with Gasteiger partial charge in [0.2, 0.25) is 0 Å². The van der Waals surface area contributed by atoms with Gasteiger partial charge in [-0.25, -0.2) is 0 Å². The predicted molar refractivity (Wildman–Crippen MR) is 88.4 cm³/mol. The van der Waals surface area contributed by atoms with Crippen LogP contribution >= 0.6 is 0 Å². The van der Waals surface area contributed by atoms with Crippen molar-refractivity contribution in [3.05, 3.63) is 0 Å². The van der Waals surface area contributed by atoms with Gasteiger partial charge in [0.05, 0.1) is 0 Å². The number of hydrogen-bond donors (Lipinski definition) is 2. The van der Waals surface area contributed by atoms with Gasteiger partial charge in [-0.3, -0.25) is 0 Å². The Hall–Kier alpha value is -0.0800. The van der Waals surface area contributed by atoms with Crippen molar-refractivity contribution in [2.45, 2.75) is 96.2 Å². The summed E-state index contributed by atoms with van der Waals surface area (Å²) in [5.74, 6) is 0.948. The molecule has 0 aromatic rings. The highest BCUT2D eigenvalue weighted by molar-refractivity contribution is 5.06. The first-order valence-corrected chi connectivity index (χ1v) is 9.63. The molecule has 0 bridgehead atoms. The summed E-state index contributed by atoms with van der Waals surface area (Å²) in [7, 11) is 0. The molecule has 2 N–H and O–H groups in total. The van der Waals surface area contributed by atoms with E-state index in [2.05, 4.69) is 24.5 Å². The Labute approximate surface area is 130 Å². The zero-order valence-corrected chi connectivity index (χ0v) is 14.1. The van der Waals surface area contributed by atoms with Crippen molar-refractivity contribution in [2.24, 2.45) is 16.7 Å². The summed E-state index contributed by atoms with van der Waals surface area (Å²) in [6.07, 6.45) is 14.8. The lowest BCUT2D eigenvalue weighted by atomic mass is 9.63. The first kappa shape index (κ1) is 14.5. The molecule has 0 radical (unpaired) electrons. The van der Waals surface area contributed by atoms with E-state index in [0.717, 1.165) is 24.0 Å². The van der Waals surface area contributed by atoms with Crippen LogP contribution in [0.15, 0.2) is 0 Å². The third-order valence-corrected chi connectivity index (χ3v) is 8.09. The maximum atomic E-state index is 4.06. The van der Waals surface area contributed by atoms with Gasteiger partial charge in [-0.05, 0) is 82.1 Å². The van der Waals surface area contributed by atoms with Crippen LogP contribution in [0.4, 0.5) is 0 Å². The fraction of sp³-hybridized carbons (Fsp3) is 1.00.